The fraction of sp³-hybridized carbons (Fsp3) is 0.375. The second-order valence-electron chi connectivity index (χ2n) is 7.54. The van der Waals surface area contributed by atoms with Gasteiger partial charge in [0.05, 0.1) is 19.3 Å². The Morgan fingerprint density at radius 3 is 2.52 bits per heavy atom. The third-order valence-corrected chi connectivity index (χ3v) is 4.98. The zero-order valence-corrected chi connectivity index (χ0v) is 19.1. The molecule has 7 heteroatoms. The zero-order valence-electron chi connectivity index (χ0n) is 19.1. The summed E-state index contributed by atoms with van der Waals surface area (Å²) >= 11 is 0. The Morgan fingerprint density at radius 2 is 1.87 bits per heavy atom. The summed E-state index contributed by atoms with van der Waals surface area (Å²) < 4.78 is 7.27. The molecule has 2 N–H and O–H groups in total. The molecule has 0 aliphatic heterocycles. The summed E-state index contributed by atoms with van der Waals surface area (Å²) in [4.78, 5) is 9.24. The van der Waals surface area contributed by atoms with E-state index in [4.69, 9.17) is 9.73 Å². The topological polar surface area (TPSA) is 76.4 Å². The molecule has 3 aromatic rings. The van der Waals surface area contributed by atoms with E-state index in [1.165, 1.54) is 5.56 Å². The van der Waals surface area contributed by atoms with Crippen molar-refractivity contribution < 1.29 is 4.74 Å². The van der Waals surface area contributed by atoms with Crippen LogP contribution in [0.15, 0.2) is 47.6 Å². The first-order chi connectivity index (χ1) is 15.0. The van der Waals surface area contributed by atoms with Crippen molar-refractivity contribution in [1.82, 2.24) is 25.4 Å². The van der Waals surface area contributed by atoms with Crippen LogP contribution in [0.3, 0.4) is 0 Å². The van der Waals surface area contributed by atoms with Crippen molar-refractivity contribution in [2.24, 2.45) is 4.99 Å². The van der Waals surface area contributed by atoms with Gasteiger partial charge in [-0.1, -0.05) is 18.2 Å². The van der Waals surface area contributed by atoms with Gasteiger partial charge in [-0.05, 0) is 69.0 Å². The van der Waals surface area contributed by atoms with Crippen LogP contribution in [0.1, 0.15) is 35.0 Å². The molecule has 2 aromatic heterocycles. The van der Waals surface area contributed by atoms with E-state index < -0.39 is 0 Å². The molecule has 0 atom stereocenters. The predicted molar refractivity (Wildman–Crippen MR) is 125 cm³/mol. The maximum Gasteiger partial charge on any atom is 0.191 e. The van der Waals surface area contributed by atoms with E-state index in [-0.39, 0.29) is 0 Å². The third kappa shape index (κ3) is 6.07. The summed E-state index contributed by atoms with van der Waals surface area (Å²) in [5.41, 5.74) is 5.48. The number of pyridine rings is 1. The molecule has 0 amide bonds. The lowest BCUT2D eigenvalue weighted by Crippen LogP contribution is -2.38. The van der Waals surface area contributed by atoms with E-state index >= 15 is 0 Å². The van der Waals surface area contributed by atoms with Crippen LogP contribution in [0.25, 0.3) is 5.82 Å². The molecule has 0 saturated carbocycles. The summed E-state index contributed by atoms with van der Waals surface area (Å²) in [7, 11) is 1.71. The minimum absolute atomic E-state index is 0.554. The van der Waals surface area contributed by atoms with Gasteiger partial charge in [-0.25, -0.2) is 14.7 Å². The first-order valence-electron chi connectivity index (χ1n) is 10.6. The maximum absolute atomic E-state index is 5.42. The number of aromatic nitrogens is 3. The lowest BCUT2D eigenvalue weighted by Gasteiger charge is -2.12. The number of rotatable bonds is 8. The van der Waals surface area contributed by atoms with E-state index in [2.05, 4.69) is 52.8 Å². The minimum atomic E-state index is 0.554. The third-order valence-electron chi connectivity index (χ3n) is 4.98. The molecule has 164 valence electrons. The highest BCUT2D eigenvalue weighted by atomic mass is 16.5. The van der Waals surface area contributed by atoms with Gasteiger partial charge in [0.25, 0.3) is 0 Å². The summed E-state index contributed by atoms with van der Waals surface area (Å²) in [6.07, 6.45) is 2.75. The van der Waals surface area contributed by atoms with Gasteiger partial charge in [-0.2, -0.15) is 5.10 Å². The number of ether oxygens (including phenoxy) is 1. The smallest absolute Gasteiger partial charge is 0.191 e. The molecule has 0 unspecified atom stereocenters. The number of nitrogens with zero attached hydrogens (tertiary/aromatic N) is 4. The number of nitrogens with one attached hydrogen (secondary N) is 2. The Morgan fingerprint density at radius 1 is 1.06 bits per heavy atom. The Hall–Kier alpha value is -3.35. The van der Waals surface area contributed by atoms with Crippen LogP contribution in [-0.2, 0) is 13.0 Å². The molecule has 0 fully saturated rings. The van der Waals surface area contributed by atoms with Crippen molar-refractivity contribution in [3.8, 4) is 11.6 Å². The van der Waals surface area contributed by atoms with Crippen molar-refractivity contribution in [2.75, 3.05) is 20.2 Å². The number of hydrogen-bond donors (Lipinski definition) is 2. The van der Waals surface area contributed by atoms with E-state index in [1.807, 2.05) is 42.9 Å². The molecule has 0 saturated heterocycles. The molecular formula is C24H32N6O. The van der Waals surface area contributed by atoms with Crippen LogP contribution in [0.2, 0.25) is 0 Å². The molecule has 0 aliphatic carbocycles. The van der Waals surface area contributed by atoms with Crippen LogP contribution < -0.4 is 15.4 Å². The molecule has 31 heavy (non-hydrogen) atoms. The minimum Gasteiger partial charge on any atom is -0.496 e. The lowest BCUT2D eigenvalue weighted by molar-refractivity contribution is 0.411. The van der Waals surface area contributed by atoms with Crippen LogP contribution in [-0.4, -0.2) is 40.9 Å². The van der Waals surface area contributed by atoms with Crippen LogP contribution in [0.4, 0.5) is 0 Å². The monoisotopic (exact) mass is 420 g/mol. The van der Waals surface area contributed by atoms with Crippen LogP contribution in [0, 0.1) is 20.8 Å². The Kier molecular flexibility index (Phi) is 7.65. The number of guanidine groups is 1. The van der Waals surface area contributed by atoms with E-state index in [0.717, 1.165) is 59.6 Å². The highest BCUT2D eigenvalue weighted by molar-refractivity contribution is 5.79. The van der Waals surface area contributed by atoms with E-state index in [1.54, 1.807) is 7.11 Å². The van der Waals surface area contributed by atoms with Gasteiger partial charge in [0.2, 0.25) is 0 Å². The molecule has 7 nitrogen and oxygen atoms in total. The van der Waals surface area contributed by atoms with E-state index in [9.17, 15) is 0 Å². The Bertz CT molecular complexity index is 1020. The van der Waals surface area contributed by atoms with Gasteiger partial charge >= 0.3 is 0 Å². The van der Waals surface area contributed by atoms with Gasteiger partial charge in [-0.3, -0.25) is 0 Å². The fourth-order valence-electron chi connectivity index (χ4n) is 3.35. The molecule has 0 bridgehead atoms. The van der Waals surface area contributed by atoms with Gasteiger partial charge in [0.1, 0.15) is 5.75 Å². The molecule has 0 aliphatic rings. The number of methoxy groups -OCH3 is 1. The van der Waals surface area contributed by atoms with Gasteiger partial charge in [0, 0.05) is 25.0 Å². The molecular weight excluding hydrogens is 388 g/mol. The number of hydrogen-bond acceptors (Lipinski definition) is 4. The summed E-state index contributed by atoms with van der Waals surface area (Å²) in [6.45, 7) is 10.3. The second-order valence-corrected chi connectivity index (χ2v) is 7.54. The second kappa shape index (κ2) is 10.6. The number of aliphatic imine (C=N–C) groups is 1. The number of aryl methyl sites for hydroxylation is 3. The first kappa shape index (κ1) is 22.3. The highest BCUT2D eigenvalue weighted by Crippen LogP contribution is 2.19. The van der Waals surface area contributed by atoms with Crippen molar-refractivity contribution >= 4 is 5.96 Å². The van der Waals surface area contributed by atoms with Gasteiger partial charge in [0.15, 0.2) is 11.8 Å². The van der Waals surface area contributed by atoms with Crippen LogP contribution >= 0.6 is 0 Å². The SMILES string of the molecule is CCNC(=NCc1ccc(-n2nc(C)cc2C)nc1)NCCc1ccc(C)c(OC)c1. The van der Waals surface area contributed by atoms with E-state index in [0.29, 0.717) is 6.54 Å². The average molecular weight is 421 g/mol. The van der Waals surface area contributed by atoms with Crippen LogP contribution in [0.5, 0.6) is 5.75 Å². The largest absolute Gasteiger partial charge is 0.496 e. The molecule has 1 aromatic carbocycles. The molecule has 2 heterocycles. The Balaban J connectivity index is 1.58. The molecule has 0 spiro atoms. The zero-order chi connectivity index (χ0) is 22.2. The Labute approximate surface area is 184 Å². The van der Waals surface area contributed by atoms with Gasteiger partial charge in [-0.15, -0.1) is 0 Å². The molecule has 3 rings (SSSR count). The highest BCUT2D eigenvalue weighted by Gasteiger charge is 2.05. The van der Waals surface area contributed by atoms with Crippen molar-refractivity contribution in [3.63, 3.8) is 0 Å². The predicted octanol–water partition coefficient (Wildman–Crippen LogP) is 3.50. The lowest BCUT2D eigenvalue weighted by atomic mass is 10.1. The van der Waals surface area contributed by atoms with Crippen molar-refractivity contribution in [1.29, 1.82) is 0 Å². The standard InChI is InChI=1S/C24H32N6O/c1-6-25-24(26-12-11-20-8-7-17(2)22(14-20)31-5)28-16-21-9-10-23(27-15-21)30-19(4)13-18(3)29-30/h7-10,13-15H,6,11-12,16H2,1-5H3,(H2,25,26,28). The molecule has 0 radical (unpaired) electrons. The quantitative estimate of drug-likeness (QED) is 0.431. The fourth-order valence-corrected chi connectivity index (χ4v) is 3.35. The summed E-state index contributed by atoms with van der Waals surface area (Å²) in [5.74, 6) is 2.54. The normalized spacial score (nSPS) is 11.5. The van der Waals surface area contributed by atoms with Gasteiger partial charge < -0.3 is 15.4 Å². The average Bonchev–Trinajstić information content (AvgIpc) is 3.11. The van der Waals surface area contributed by atoms with Crippen molar-refractivity contribution in [2.45, 2.75) is 40.7 Å². The first-order valence-corrected chi connectivity index (χ1v) is 10.6. The van der Waals surface area contributed by atoms with Crippen molar-refractivity contribution in [3.05, 3.63) is 70.7 Å². The number of benzene rings is 1. The summed E-state index contributed by atoms with van der Waals surface area (Å²) in [6, 6.07) is 12.4. The summed E-state index contributed by atoms with van der Waals surface area (Å²) in [5, 5.41) is 11.2. The maximum atomic E-state index is 5.42.